The summed E-state index contributed by atoms with van der Waals surface area (Å²) in [4.78, 5) is 6.60. The van der Waals surface area contributed by atoms with Crippen molar-refractivity contribution >= 4 is 5.96 Å². The Hall–Kier alpha value is -0.730. The second-order valence-corrected chi connectivity index (χ2v) is 4.56. The molecule has 1 aliphatic carbocycles. The Morgan fingerprint density at radius 1 is 1.62 bits per heavy atom. The molecule has 1 atom stereocenters. The van der Waals surface area contributed by atoms with E-state index in [9.17, 15) is 0 Å². The Labute approximate surface area is 80.0 Å². The molecule has 1 fully saturated rings. The Kier molecular flexibility index (Phi) is 1.97. The molecule has 2 aliphatic rings. The van der Waals surface area contributed by atoms with Gasteiger partial charge in [0, 0.05) is 6.54 Å². The predicted molar refractivity (Wildman–Crippen MR) is 54.6 cm³/mol. The highest BCUT2D eigenvalue weighted by Gasteiger charge is 2.41. The molecule has 3 nitrogen and oxygen atoms in total. The standard InChI is InChI=1S/C10H19N3/c1-3-13-9(11)12-7-10(13,2)6-8-4-5-8/h8H,3-7H2,1-2H3,(H2,11,12). The zero-order chi connectivity index (χ0) is 9.47. The van der Waals surface area contributed by atoms with E-state index < -0.39 is 0 Å². The second kappa shape index (κ2) is 2.89. The molecular weight excluding hydrogens is 162 g/mol. The van der Waals surface area contributed by atoms with Crippen molar-refractivity contribution in [3.63, 3.8) is 0 Å². The first kappa shape index (κ1) is 8.85. The molecule has 0 saturated heterocycles. The fourth-order valence-electron chi connectivity index (χ4n) is 2.36. The van der Waals surface area contributed by atoms with Gasteiger partial charge in [0.15, 0.2) is 5.96 Å². The molecule has 1 heterocycles. The molecule has 1 saturated carbocycles. The van der Waals surface area contributed by atoms with Gasteiger partial charge < -0.3 is 10.6 Å². The quantitative estimate of drug-likeness (QED) is 0.710. The lowest BCUT2D eigenvalue weighted by Crippen LogP contribution is -2.49. The molecule has 3 heteroatoms. The Morgan fingerprint density at radius 3 is 2.85 bits per heavy atom. The Morgan fingerprint density at radius 2 is 2.31 bits per heavy atom. The van der Waals surface area contributed by atoms with Gasteiger partial charge in [0.05, 0.1) is 12.1 Å². The van der Waals surface area contributed by atoms with E-state index in [0.717, 1.165) is 25.0 Å². The summed E-state index contributed by atoms with van der Waals surface area (Å²) >= 11 is 0. The molecule has 1 unspecified atom stereocenters. The minimum Gasteiger partial charge on any atom is -0.370 e. The van der Waals surface area contributed by atoms with E-state index in [1.807, 2.05) is 0 Å². The van der Waals surface area contributed by atoms with Crippen LogP contribution in [-0.2, 0) is 0 Å². The first-order chi connectivity index (χ1) is 6.15. The van der Waals surface area contributed by atoms with Crippen LogP contribution in [-0.4, -0.2) is 29.5 Å². The van der Waals surface area contributed by atoms with Crippen LogP contribution in [0.25, 0.3) is 0 Å². The lowest BCUT2D eigenvalue weighted by Gasteiger charge is -2.35. The molecular formula is C10H19N3. The number of hydrogen-bond donors (Lipinski definition) is 1. The number of nitrogens with zero attached hydrogens (tertiary/aromatic N) is 2. The zero-order valence-electron chi connectivity index (χ0n) is 8.58. The summed E-state index contributed by atoms with van der Waals surface area (Å²) in [6, 6.07) is 0. The third-order valence-corrected chi connectivity index (χ3v) is 3.25. The summed E-state index contributed by atoms with van der Waals surface area (Å²) < 4.78 is 0. The molecule has 0 bridgehead atoms. The molecule has 13 heavy (non-hydrogen) atoms. The van der Waals surface area contributed by atoms with Crippen molar-refractivity contribution in [2.75, 3.05) is 13.1 Å². The van der Waals surface area contributed by atoms with Gasteiger partial charge in [-0.05, 0) is 26.2 Å². The average Bonchev–Trinajstić information content (AvgIpc) is 2.81. The second-order valence-electron chi connectivity index (χ2n) is 4.56. The van der Waals surface area contributed by atoms with Crippen molar-refractivity contribution < 1.29 is 0 Å². The van der Waals surface area contributed by atoms with Crippen molar-refractivity contribution in [3.05, 3.63) is 0 Å². The third-order valence-electron chi connectivity index (χ3n) is 3.25. The summed E-state index contributed by atoms with van der Waals surface area (Å²) in [5.74, 6) is 1.69. The molecule has 2 rings (SSSR count). The fourth-order valence-corrected chi connectivity index (χ4v) is 2.36. The maximum atomic E-state index is 5.84. The van der Waals surface area contributed by atoms with Gasteiger partial charge >= 0.3 is 0 Å². The number of hydrogen-bond acceptors (Lipinski definition) is 3. The minimum atomic E-state index is 0.222. The van der Waals surface area contributed by atoms with Gasteiger partial charge in [0.25, 0.3) is 0 Å². The van der Waals surface area contributed by atoms with Gasteiger partial charge in [-0.3, -0.25) is 4.99 Å². The van der Waals surface area contributed by atoms with Crippen molar-refractivity contribution in [2.24, 2.45) is 16.6 Å². The van der Waals surface area contributed by atoms with Crippen LogP contribution in [0, 0.1) is 5.92 Å². The van der Waals surface area contributed by atoms with Crippen LogP contribution < -0.4 is 5.73 Å². The third kappa shape index (κ3) is 1.52. The zero-order valence-corrected chi connectivity index (χ0v) is 8.58. The van der Waals surface area contributed by atoms with Crippen molar-refractivity contribution in [2.45, 2.75) is 38.6 Å². The first-order valence-corrected chi connectivity index (χ1v) is 5.23. The monoisotopic (exact) mass is 181 g/mol. The van der Waals surface area contributed by atoms with Gasteiger partial charge in [-0.15, -0.1) is 0 Å². The summed E-state index contributed by atoms with van der Waals surface area (Å²) in [6.07, 6.45) is 4.09. The Balaban J connectivity index is 2.04. The van der Waals surface area contributed by atoms with E-state index in [1.165, 1.54) is 19.3 Å². The normalized spacial score (nSPS) is 33.7. The van der Waals surface area contributed by atoms with E-state index in [-0.39, 0.29) is 5.54 Å². The number of rotatable bonds is 3. The van der Waals surface area contributed by atoms with Crippen LogP contribution in [0.1, 0.15) is 33.1 Å². The smallest absolute Gasteiger partial charge is 0.191 e. The predicted octanol–water partition coefficient (Wildman–Crippen LogP) is 1.20. The maximum absolute atomic E-state index is 5.84. The van der Waals surface area contributed by atoms with E-state index in [1.54, 1.807) is 0 Å². The van der Waals surface area contributed by atoms with Crippen molar-refractivity contribution in [1.29, 1.82) is 0 Å². The number of guanidine groups is 1. The minimum absolute atomic E-state index is 0.222. The van der Waals surface area contributed by atoms with Gasteiger partial charge in [-0.2, -0.15) is 0 Å². The summed E-state index contributed by atoms with van der Waals surface area (Å²) in [7, 11) is 0. The lowest BCUT2D eigenvalue weighted by molar-refractivity contribution is 0.206. The molecule has 0 aromatic rings. The molecule has 0 radical (unpaired) electrons. The largest absolute Gasteiger partial charge is 0.370 e. The highest BCUT2D eigenvalue weighted by Crippen LogP contribution is 2.40. The average molecular weight is 181 g/mol. The number of likely N-dealkylation sites (N-methyl/N-ethyl adjacent to an activating group) is 1. The molecule has 0 aromatic heterocycles. The topological polar surface area (TPSA) is 41.6 Å². The number of nitrogens with two attached hydrogens (primary N) is 1. The summed E-state index contributed by atoms with van der Waals surface area (Å²) in [6.45, 7) is 6.32. The van der Waals surface area contributed by atoms with Crippen molar-refractivity contribution in [1.82, 2.24) is 4.90 Å². The Bertz CT molecular complexity index is 232. The molecule has 0 spiro atoms. The van der Waals surface area contributed by atoms with Crippen LogP contribution in [0.4, 0.5) is 0 Å². The van der Waals surface area contributed by atoms with Crippen LogP contribution in [0.5, 0.6) is 0 Å². The highest BCUT2D eigenvalue weighted by atomic mass is 15.3. The van der Waals surface area contributed by atoms with Crippen LogP contribution >= 0.6 is 0 Å². The van der Waals surface area contributed by atoms with E-state index >= 15 is 0 Å². The number of aliphatic imine (C=N–C) groups is 1. The van der Waals surface area contributed by atoms with Gasteiger partial charge in [-0.1, -0.05) is 12.8 Å². The maximum Gasteiger partial charge on any atom is 0.191 e. The van der Waals surface area contributed by atoms with E-state index in [0.29, 0.717) is 0 Å². The van der Waals surface area contributed by atoms with Gasteiger partial charge in [0.1, 0.15) is 0 Å². The van der Waals surface area contributed by atoms with E-state index in [2.05, 4.69) is 23.7 Å². The fraction of sp³-hybridized carbons (Fsp3) is 0.900. The van der Waals surface area contributed by atoms with Gasteiger partial charge in [-0.25, -0.2) is 0 Å². The lowest BCUT2D eigenvalue weighted by atomic mass is 9.94. The SMILES string of the molecule is CCN1C(N)=NCC1(C)CC1CC1. The molecule has 0 amide bonds. The van der Waals surface area contributed by atoms with Crippen LogP contribution in [0.15, 0.2) is 4.99 Å². The summed E-state index contributed by atoms with van der Waals surface area (Å²) in [5.41, 5.74) is 6.06. The van der Waals surface area contributed by atoms with E-state index in [4.69, 9.17) is 5.73 Å². The van der Waals surface area contributed by atoms with Crippen LogP contribution in [0.3, 0.4) is 0 Å². The highest BCUT2D eigenvalue weighted by molar-refractivity contribution is 5.80. The first-order valence-electron chi connectivity index (χ1n) is 5.23. The molecule has 74 valence electrons. The molecule has 1 aliphatic heterocycles. The summed E-state index contributed by atoms with van der Waals surface area (Å²) in [5, 5.41) is 0. The molecule has 0 aromatic carbocycles. The van der Waals surface area contributed by atoms with Crippen molar-refractivity contribution in [3.8, 4) is 0 Å². The van der Waals surface area contributed by atoms with Gasteiger partial charge in [0.2, 0.25) is 0 Å². The molecule has 2 N–H and O–H groups in total. The van der Waals surface area contributed by atoms with Crippen LogP contribution in [0.2, 0.25) is 0 Å².